The highest BCUT2D eigenvalue weighted by Crippen LogP contribution is 2.39. The molecule has 0 N–H and O–H groups in total. The van der Waals surface area contributed by atoms with E-state index >= 15 is 0 Å². The van der Waals surface area contributed by atoms with Crippen LogP contribution in [0.5, 0.6) is 17.2 Å². The Bertz CT molecular complexity index is 735. The Morgan fingerprint density at radius 1 is 1.11 bits per heavy atom. The summed E-state index contributed by atoms with van der Waals surface area (Å²) in [7, 11) is 8.54. The molecular formula is C20H27NO5S. The van der Waals surface area contributed by atoms with E-state index in [1.165, 1.54) is 21.3 Å². The molecule has 0 aliphatic carbocycles. The third kappa shape index (κ3) is 4.20. The van der Waals surface area contributed by atoms with Crippen molar-refractivity contribution in [2.24, 2.45) is 0 Å². The SMILES string of the molecule is CCC(COC(=O)c1cc(OC)c(OC)c(OC)c1)(c1cccs1)N(C)C. The lowest BCUT2D eigenvalue weighted by molar-refractivity contribution is 0.0131. The molecule has 2 aromatic rings. The number of benzene rings is 1. The molecule has 0 fully saturated rings. The van der Waals surface area contributed by atoms with Crippen molar-refractivity contribution in [1.29, 1.82) is 0 Å². The summed E-state index contributed by atoms with van der Waals surface area (Å²) in [6.07, 6.45) is 0.809. The molecule has 1 heterocycles. The van der Waals surface area contributed by atoms with Gasteiger partial charge >= 0.3 is 5.97 Å². The Morgan fingerprint density at radius 3 is 2.15 bits per heavy atom. The summed E-state index contributed by atoms with van der Waals surface area (Å²) in [4.78, 5) is 16.0. The topological polar surface area (TPSA) is 57.2 Å². The van der Waals surface area contributed by atoms with Gasteiger partial charge in [0, 0.05) is 4.88 Å². The van der Waals surface area contributed by atoms with Gasteiger partial charge in [-0.1, -0.05) is 13.0 Å². The molecule has 0 radical (unpaired) electrons. The molecule has 1 aromatic heterocycles. The zero-order chi connectivity index (χ0) is 20.0. The fraction of sp³-hybridized carbons (Fsp3) is 0.450. The number of carbonyl (C=O) groups is 1. The average Bonchev–Trinajstić information content (AvgIpc) is 3.22. The summed E-state index contributed by atoms with van der Waals surface area (Å²) in [5, 5.41) is 2.03. The fourth-order valence-electron chi connectivity index (χ4n) is 3.02. The lowest BCUT2D eigenvalue weighted by Gasteiger charge is -2.37. The molecule has 0 amide bonds. The van der Waals surface area contributed by atoms with E-state index in [1.807, 2.05) is 25.5 Å². The van der Waals surface area contributed by atoms with Gasteiger partial charge in [-0.05, 0) is 44.1 Å². The predicted molar refractivity (Wildman–Crippen MR) is 106 cm³/mol. The summed E-state index contributed by atoms with van der Waals surface area (Å²) in [6.45, 7) is 2.33. The van der Waals surface area contributed by atoms with Crippen molar-refractivity contribution < 1.29 is 23.7 Å². The first-order valence-corrected chi connectivity index (χ1v) is 9.50. The molecule has 0 spiro atoms. The number of nitrogens with zero attached hydrogens (tertiary/aromatic N) is 1. The molecule has 0 saturated carbocycles. The van der Waals surface area contributed by atoms with Gasteiger partial charge in [-0.25, -0.2) is 4.79 Å². The number of hydrogen-bond donors (Lipinski definition) is 0. The molecule has 1 unspecified atom stereocenters. The van der Waals surface area contributed by atoms with Gasteiger partial charge in [0.05, 0.1) is 32.4 Å². The molecule has 0 saturated heterocycles. The molecule has 0 aliphatic heterocycles. The van der Waals surface area contributed by atoms with Crippen LogP contribution in [-0.2, 0) is 10.3 Å². The highest BCUT2D eigenvalue weighted by Gasteiger charge is 2.36. The lowest BCUT2D eigenvalue weighted by Crippen LogP contribution is -2.45. The second-order valence-corrected chi connectivity index (χ2v) is 7.19. The number of esters is 1. The quantitative estimate of drug-likeness (QED) is 0.604. The van der Waals surface area contributed by atoms with Crippen LogP contribution < -0.4 is 14.2 Å². The van der Waals surface area contributed by atoms with E-state index in [0.29, 0.717) is 22.8 Å². The van der Waals surface area contributed by atoms with Gasteiger partial charge in [-0.3, -0.25) is 4.90 Å². The number of thiophene rings is 1. The Balaban J connectivity index is 2.28. The average molecular weight is 394 g/mol. The standard InChI is InChI=1S/C20H27NO5S/c1-7-20(21(2)3,17-9-8-10-27-17)13-26-19(22)14-11-15(23-4)18(25-6)16(12-14)24-5/h8-12H,7,13H2,1-6H3. The van der Waals surface area contributed by atoms with Crippen LogP contribution in [-0.4, -0.2) is 52.9 Å². The summed E-state index contributed by atoms with van der Waals surface area (Å²) in [6, 6.07) is 7.27. The van der Waals surface area contributed by atoms with Crippen LogP contribution >= 0.6 is 11.3 Å². The monoisotopic (exact) mass is 393 g/mol. The second-order valence-electron chi connectivity index (χ2n) is 6.25. The molecule has 6 nitrogen and oxygen atoms in total. The molecule has 2 rings (SSSR count). The molecule has 1 aromatic carbocycles. The molecule has 7 heteroatoms. The van der Waals surface area contributed by atoms with Crippen LogP contribution in [0.15, 0.2) is 29.6 Å². The van der Waals surface area contributed by atoms with Gasteiger partial charge in [-0.2, -0.15) is 0 Å². The minimum Gasteiger partial charge on any atom is -0.493 e. The van der Waals surface area contributed by atoms with E-state index in [4.69, 9.17) is 18.9 Å². The van der Waals surface area contributed by atoms with Gasteiger partial charge in [0.2, 0.25) is 5.75 Å². The van der Waals surface area contributed by atoms with Crippen molar-refractivity contribution in [3.05, 3.63) is 40.1 Å². The fourth-order valence-corrected chi connectivity index (χ4v) is 4.09. The maximum atomic E-state index is 12.7. The van der Waals surface area contributed by atoms with E-state index in [-0.39, 0.29) is 12.1 Å². The molecule has 0 bridgehead atoms. The van der Waals surface area contributed by atoms with Gasteiger partial charge in [0.25, 0.3) is 0 Å². The summed E-state index contributed by atoms with van der Waals surface area (Å²) < 4.78 is 21.6. The normalized spacial score (nSPS) is 13.1. The van der Waals surface area contributed by atoms with Gasteiger partial charge < -0.3 is 18.9 Å². The number of rotatable bonds is 9. The maximum Gasteiger partial charge on any atom is 0.338 e. The Kier molecular flexibility index (Phi) is 7.10. The van der Waals surface area contributed by atoms with Crippen molar-refractivity contribution in [2.45, 2.75) is 18.9 Å². The molecule has 1 atom stereocenters. The van der Waals surface area contributed by atoms with Gasteiger partial charge in [0.1, 0.15) is 6.61 Å². The predicted octanol–water partition coefficient (Wildman–Crippen LogP) is 3.80. The first kappa shape index (κ1) is 21.1. The van der Waals surface area contributed by atoms with Crippen LogP contribution in [0.25, 0.3) is 0 Å². The largest absolute Gasteiger partial charge is 0.493 e. The van der Waals surface area contributed by atoms with Gasteiger partial charge in [0.15, 0.2) is 11.5 Å². The molecule has 0 aliphatic rings. The van der Waals surface area contributed by atoms with Gasteiger partial charge in [-0.15, -0.1) is 11.3 Å². The first-order chi connectivity index (χ1) is 12.9. The highest BCUT2D eigenvalue weighted by atomic mass is 32.1. The number of likely N-dealkylation sites (N-methyl/N-ethyl adjacent to an activating group) is 1. The second kappa shape index (κ2) is 9.10. The van der Waals surface area contributed by atoms with E-state index < -0.39 is 5.97 Å². The van der Waals surface area contributed by atoms with E-state index in [2.05, 4.69) is 17.9 Å². The van der Waals surface area contributed by atoms with Crippen molar-refractivity contribution in [3.63, 3.8) is 0 Å². The Hall–Kier alpha value is -2.25. The Morgan fingerprint density at radius 2 is 1.74 bits per heavy atom. The van der Waals surface area contributed by atoms with Crippen molar-refractivity contribution in [2.75, 3.05) is 42.0 Å². The third-order valence-corrected chi connectivity index (χ3v) is 5.83. The van der Waals surface area contributed by atoms with Crippen molar-refractivity contribution in [3.8, 4) is 17.2 Å². The third-order valence-electron chi connectivity index (χ3n) is 4.76. The number of methoxy groups -OCH3 is 3. The van der Waals surface area contributed by atoms with E-state index in [9.17, 15) is 4.79 Å². The summed E-state index contributed by atoms with van der Waals surface area (Å²) in [5.74, 6) is 0.824. The summed E-state index contributed by atoms with van der Waals surface area (Å²) in [5.41, 5.74) is -0.0239. The minimum atomic E-state index is -0.439. The van der Waals surface area contributed by atoms with E-state index in [0.717, 1.165) is 11.3 Å². The van der Waals surface area contributed by atoms with E-state index in [1.54, 1.807) is 23.5 Å². The zero-order valence-electron chi connectivity index (χ0n) is 16.7. The molecule has 27 heavy (non-hydrogen) atoms. The smallest absolute Gasteiger partial charge is 0.338 e. The van der Waals surface area contributed by atoms with Crippen LogP contribution in [0.4, 0.5) is 0 Å². The number of hydrogen-bond acceptors (Lipinski definition) is 7. The molecule has 148 valence electrons. The van der Waals surface area contributed by atoms with Crippen LogP contribution in [0.1, 0.15) is 28.6 Å². The van der Waals surface area contributed by atoms with Crippen LogP contribution in [0, 0.1) is 0 Å². The summed E-state index contributed by atoms with van der Waals surface area (Å²) >= 11 is 1.66. The number of ether oxygens (including phenoxy) is 4. The first-order valence-electron chi connectivity index (χ1n) is 8.62. The van der Waals surface area contributed by atoms with Crippen molar-refractivity contribution in [1.82, 2.24) is 4.90 Å². The van der Waals surface area contributed by atoms with Crippen molar-refractivity contribution >= 4 is 17.3 Å². The zero-order valence-corrected chi connectivity index (χ0v) is 17.5. The maximum absolute atomic E-state index is 12.7. The van der Waals surface area contributed by atoms with Crippen LogP contribution in [0.2, 0.25) is 0 Å². The number of carbonyl (C=O) groups excluding carboxylic acids is 1. The molecular weight excluding hydrogens is 366 g/mol. The lowest BCUT2D eigenvalue weighted by atomic mass is 9.93. The highest BCUT2D eigenvalue weighted by molar-refractivity contribution is 7.10. The minimum absolute atomic E-state index is 0.243. The Labute approximate surface area is 164 Å². The van der Waals surface area contributed by atoms with Crippen LogP contribution in [0.3, 0.4) is 0 Å².